The van der Waals surface area contributed by atoms with Gasteiger partial charge in [0, 0.05) is 11.1 Å². The highest BCUT2D eigenvalue weighted by molar-refractivity contribution is 6.08. The predicted molar refractivity (Wildman–Crippen MR) is 56.9 cm³/mol. The van der Waals surface area contributed by atoms with Crippen molar-refractivity contribution < 1.29 is 22.4 Å². The molecule has 0 spiro atoms. The largest absolute Gasteiger partial charge is 0.419 e. The molecule has 98 valence electrons. The molecule has 19 heavy (non-hydrogen) atoms. The van der Waals surface area contributed by atoms with E-state index in [4.69, 9.17) is 0 Å². The molecule has 1 aromatic carbocycles. The van der Waals surface area contributed by atoms with E-state index in [1.807, 2.05) is 0 Å². The van der Waals surface area contributed by atoms with Crippen LogP contribution in [0.15, 0.2) is 36.7 Å². The second-order valence-electron chi connectivity index (χ2n) is 3.65. The van der Waals surface area contributed by atoms with Crippen LogP contribution in [0.1, 0.15) is 21.5 Å². The zero-order valence-electron chi connectivity index (χ0n) is 9.28. The second-order valence-corrected chi connectivity index (χ2v) is 3.65. The van der Waals surface area contributed by atoms with Crippen molar-refractivity contribution in [2.75, 3.05) is 0 Å². The molecule has 0 N–H and O–H groups in total. The van der Waals surface area contributed by atoms with E-state index in [1.54, 1.807) is 0 Å². The molecule has 0 atom stereocenters. The van der Waals surface area contributed by atoms with E-state index < -0.39 is 23.3 Å². The quantitative estimate of drug-likeness (QED) is 0.622. The number of aromatic nitrogens is 2. The Balaban J connectivity index is 2.38. The zero-order valence-corrected chi connectivity index (χ0v) is 9.28. The zero-order chi connectivity index (χ0) is 14.0. The standard InChI is InChI=1S/C12H6F4N2O/c13-10-5-7(1-2-9(10)12(14,15)16)11(19)8-3-4-17-18-6-8/h1-6H. The summed E-state index contributed by atoms with van der Waals surface area (Å²) < 4.78 is 50.4. The summed E-state index contributed by atoms with van der Waals surface area (Å²) in [5.74, 6) is -2.11. The van der Waals surface area contributed by atoms with E-state index in [9.17, 15) is 22.4 Å². The van der Waals surface area contributed by atoms with Crippen LogP contribution in [-0.2, 0) is 6.18 Å². The van der Waals surface area contributed by atoms with Gasteiger partial charge in [-0.3, -0.25) is 4.79 Å². The van der Waals surface area contributed by atoms with Crippen LogP contribution in [0.5, 0.6) is 0 Å². The Hall–Kier alpha value is -2.31. The maximum atomic E-state index is 13.3. The Labute approximate surface area is 104 Å². The van der Waals surface area contributed by atoms with Crippen LogP contribution in [0.4, 0.5) is 17.6 Å². The molecular formula is C12H6F4N2O. The number of carbonyl (C=O) groups is 1. The van der Waals surface area contributed by atoms with Crippen LogP contribution in [-0.4, -0.2) is 16.0 Å². The third-order valence-corrected chi connectivity index (χ3v) is 2.38. The second kappa shape index (κ2) is 4.75. The first-order valence-corrected chi connectivity index (χ1v) is 5.08. The van der Waals surface area contributed by atoms with Gasteiger partial charge >= 0.3 is 6.18 Å². The van der Waals surface area contributed by atoms with Gasteiger partial charge in [0.2, 0.25) is 0 Å². The molecule has 0 saturated carbocycles. The number of halogens is 4. The molecule has 0 aliphatic heterocycles. The van der Waals surface area contributed by atoms with Gasteiger partial charge in [0.15, 0.2) is 5.78 Å². The summed E-state index contributed by atoms with van der Waals surface area (Å²) in [6.45, 7) is 0. The normalized spacial score (nSPS) is 11.4. The Morgan fingerprint density at radius 3 is 2.32 bits per heavy atom. The Morgan fingerprint density at radius 1 is 1.05 bits per heavy atom. The molecule has 3 nitrogen and oxygen atoms in total. The van der Waals surface area contributed by atoms with Crippen LogP contribution in [0.25, 0.3) is 0 Å². The SMILES string of the molecule is O=C(c1ccnnc1)c1ccc(C(F)(F)F)c(F)c1. The third-order valence-electron chi connectivity index (χ3n) is 2.38. The highest BCUT2D eigenvalue weighted by Gasteiger charge is 2.34. The number of ketones is 1. The number of benzene rings is 1. The first kappa shape index (κ1) is 13.1. The van der Waals surface area contributed by atoms with Gasteiger partial charge in [-0.05, 0) is 18.2 Å². The van der Waals surface area contributed by atoms with Crippen LogP contribution < -0.4 is 0 Å². The summed E-state index contributed by atoms with van der Waals surface area (Å²) >= 11 is 0. The van der Waals surface area contributed by atoms with E-state index in [0.29, 0.717) is 12.1 Å². The number of rotatable bonds is 2. The molecule has 0 radical (unpaired) electrons. The van der Waals surface area contributed by atoms with Crippen molar-refractivity contribution in [1.29, 1.82) is 0 Å². The first-order valence-electron chi connectivity index (χ1n) is 5.08. The summed E-state index contributed by atoms with van der Waals surface area (Å²) in [4.78, 5) is 11.8. The molecule has 0 aliphatic carbocycles. The lowest BCUT2D eigenvalue weighted by atomic mass is 10.0. The molecule has 7 heteroatoms. The Kier molecular flexibility index (Phi) is 3.28. The minimum absolute atomic E-state index is 0.120. The lowest BCUT2D eigenvalue weighted by Gasteiger charge is -2.08. The molecule has 1 aromatic heterocycles. The lowest BCUT2D eigenvalue weighted by molar-refractivity contribution is -0.140. The molecule has 1 heterocycles. The van der Waals surface area contributed by atoms with Crippen molar-refractivity contribution in [2.24, 2.45) is 0 Å². The number of alkyl halides is 3. The highest BCUT2D eigenvalue weighted by atomic mass is 19.4. The van der Waals surface area contributed by atoms with E-state index in [2.05, 4.69) is 10.2 Å². The number of nitrogens with zero attached hydrogens (tertiary/aromatic N) is 2. The summed E-state index contributed by atoms with van der Waals surface area (Å²) in [6, 6.07) is 3.36. The van der Waals surface area contributed by atoms with Crippen LogP contribution in [0, 0.1) is 5.82 Å². The molecule has 2 rings (SSSR count). The molecule has 0 fully saturated rings. The van der Waals surface area contributed by atoms with E-state index in [0.717, 1.165) is 12.3 Å². The van der Waals surface area contributed by atoms with E-state index in [-0.39, 0.29) is 11.1 Å². The van der Waals surface area contributed by atoms with Gasteiger partial charge < -0.3 is 0 Å². The van der Waals surface area contributed by atoms with Gasteiger partial charge in [-0.1, -0.05) is 6.07 Å². The fraction of sp³-hybridized carbons (Fsp3) is 0.0833. The maximum Gasteiger partial charge on any atom is 0.419 e. The molecule has 0 amide bonds. The Morgan fingerprint density at radius 2 is 1.79 bits per heavy atom. The van der Waals surface area contributed by atoms with Gasteiger partial charge in [0.1, 0.15) is 5.82 Å². The van der Waals surface area contributed by atoms with Gasteiger partial charge in [-0.2, -0.15) is 23.4 Å². The minimum atomic E-state index is -4.79. The predicted octanol–water partition coefficient (Wildman–Crippen LogP) is 2.87. The number of hydrogen-bond acceptors (Lipinski definition) is 3. The number of carbonyl (C=O) groups excluding carboxylic acids is 1. The fourth-order valence-corrected chi connectivity index (χ4v) is 1.48. The smallest absolute Gasteiger partial charge is 0.289 e. The van der Waals surface area contributed by atoms with Crippen molar-refractivity contribution in [3.63, 3.8) is 0 Å². The minimum Gasteiger partial charge on any atom is -0.289 e. The summed E-state index contributed by atoms with van der Waals surface area (Å²) in [6.07, 6.45) is -2.38. The molecule has 0 saturated heterocycles. The van der Waals surface area contributed by atoms with E-state index >= 15 is 0 Å². The van der Waals surface area contributed by atoms with Crippen molar-refractivity contribution in [3.8, 4) is 0 Å². The average molecular weight is 270 g/mol. The molecule has 2 aromatic rings. The topological polar surface area (TPSA) is 42.9 Å². The van der Waals surface area contributed by atoms with Crippen LogP contribution in [0.2, 0.25) is 0 Å². The van der Waals surface area contributed by atoms with Gasteiger partial charge in [0.25, 0.3) is 0 Å². The number of hydrogen-bond donors (Lipinski definition) is 0. The summed E-state index contributed by atoms with van der Waals surface area (Å²) in [5, 5.41) is 6.93. The molecular weight excluding hydrogens is 264 g/mol. The van der Waals surface area contributed by atoms with Crippen LogP contribution in [0.3, 0.4) is 0 Å². The third kappa shape index (κ3) is 2.75. The van der Waals surface area contributed by atoms with E-state index in [1.165, 1.54) is 12.3 Å². The van der Waals surface area contributed by atoms with Gasteiger partial charge in [-0.15, -0.1) is 0 Å². The van der Waals surface area contributed by atoms with Gasteiger partial charge in [-0.25, -0.2) is 4.39 Å². The molecule has 0 unspecified atom stereocenters. The van der Waals surface area contributed by atoms with Crippen LogP contribution >= 0.6 is 0 Å². The molecule has 0 aliphatic rings. The first-order chi connectivity index (χ1) is 8.89. The molecule has 0 bridgehead atoms. The fourth-order valence-electron chi connectivity index (χ4n) is 1.48. The van der Waals surface area contributed by atoms with Crippen molar-refractivity contribution in [2.45, 2.75) is 6.18 Å². The summed E-state index contributed by atoms with van der Waals surface area (Å²) in [5.41, 5.74) is -1.47. The Bertz CT molecular complexity index is 611. The van der Waals surface area contributed by atoms with Gasteiger partial charge in [0.05, 0.1) is 18.0 Å². The lowest BCUT2D eigenvalue weighted by Crippen LogP contribution is -2.10. The van der Waals surface area contributed by atoms with Crippen molar-refractivity contribution in [3.05, 3.63) is 59.2 Å². The summed E-state index contributed by atoms with van der Waals surface area (Å²) in [7, 11) is 0. The highest BCUT2D eigenvalue weighted by Crippen LogP contribution is 2.31. The van der Waals surface area contributed by atoms with Crippen molar-refractivity contribution in [1.82, 2.24) is 10.2 Å². The maximum absolute atomic E-state index is 13.3. The monoisotopic (exact) mass is 270 g/mol. The van der Waals surface area contributed by atoms with Crippen molar-refractivity contribution >= 4 is 5.78 Å². The average Bonchev–Trinajstić information content (AvgIpc) is 2.37.